The van der Waals surface area contributed by atoms with Crippen LogP contribution in [0.4, 0.5) is 5.69 Å². The summed E-state index contributed by atoms with van der Waals surface area (Å²) in [5.74, 6) is 2.87. The second kappa shape index (κ2) is 5.65. The summed E-state index contributed by atoms with van der Waals surface area (Å²) in [5.41, 5.74) is 6.92. The number of fused-ring (bicyclic) bond motifs is 2. The van der Waals surface area contributed by atoms with Crippen molar-refractivity contribution in [2.45, 2.75) is 45.3 Å². The lowest BCUT2D eigenvalue weighted by molar-refractivity contribution is 0.0868. The monoisotopic (exact) mass is 344 g/mol. The Bertz CT molecular complexity index is 1050. The molecule has 1 aliphatic rings. The van der Waals surface area contributed by atoms with E-state index in [4.69, 9.17) is 6.42 Å². The van der Waals surface area contributed by atoms with Crippen LogP contribution >= 0.6 is 0 Å². The van der Waals surface area contributed by atoms with Crippen molar-refractivity contribution in [1.82, 2.24) is 4.98 Å². The lowest BCUT2D eigenvalue weighted by Crippen LogP contribution is -2.50. The van der Waals surface area contributed by atoms with Gasteiger partial charge in [0, 0.05) is 34.5 Å². The molecule has 3 nitrogen and oxygen atoms in total. The molecule has 2 atom stereocenters. The molecule has 4 rings (SSSR count). The minimum Gasteiger partial charge on any atom is -0.390 e. The summed E-state index contributed by atoms with van der Waals surface area (Å²) in [7, 11) is 0. The molecule has 26 heavy (non-hydrogen) atoms. The van der Waals surface area contributed by atoms with E-state index in [1.54, 1.807) is 0 Å². The molecule has 1 aromatic heterocycles. The molecule has 0 fully saturated rings. The third-order valence-corrected chi connectivity index (χ3v) is 5.70. The van der Waals surface area contributed by atoms with Gasteiger partial charge >= 0.3 is 0 Å². The van der Waals surface area contributed by atoms with Crippen LogP contribution in [0.3, 0.4) is 0 Å². The van der Waals surface area contributed by atoms with E-state index in [0.29, 0.717) is 0 Å². The van der Waals surface area contributed by atoms with Crippen LogP contribution in [0.5, 0.6) is 0 Å². The van der Waals surface area contributed by atoms with Gasteiger partial charge in [0.15, 0.2) is 0 Å². The van der Waals surface area contributed by atoms with Gasteiger partial charge < -0.3 is 15.4 Å². The molecule has 3 N–H and O–H groups in total. The number of H-pyrrole nitrogens is 1. The van der Waals surface area contributed by atoms with Gasteiger partial charge in [-0.1, -0.05) is 31.0 Å². The van der Waals surface area contributed by atoms with Crippen molar-refractivity contribution in [2.24, 2.45) is 0 Å². The number of aryl methyl sites for hydroxylation is 1. The molecule has 3 aromatic rings. The molecule has 0 saturated carbocycles. The highest BCUT2D eigenvalue weighted by molar-refractivity contribution is 5.97. The van der Waals surface area contributed by atoms with E-state index in [2.05, 4.69) is 60.4 Å². The molecule has 132 valence electrons. The number of rotatable bonds is 1. The summed E-state index contributed by atoms with van der Waals surface area (Å²) in [6, 6.07) is 10.5. The number of aromatic amines is 1. The quantitative estimate of drug-likeness (QED) is 0.556. The summed E-state index contributed by atoms with van der Waals surface area (Å²) in [6.45, 7) is 8.22. The Kier molecular flexibility index (Phi) is 3.64. The lowest BCUT2D eigenvalue weighted by Gasteiger charge is -2.43. The number of hydrogen-bond donors (Lipinski definition) is 3. The average Bonchev–Trinajstić information content (AvgIpc) is 3.09. The van der Waals surface area contributed by atoms with Crippen molar-refractivity contribution in [2.75, 3.05) is 5.32 Å². The second-order valence-corrected chi connectivity index (χ2v) is 7.88. The third kappa shape index (κ3) is 2.26. The molecule has 1 unspecified atom stereocenters. The van der Waals surface area contributed by atoms with Crippen LogP contribution in [0, 0.1) is 19.3 Å². The maximum absolute atomic E-state index is 10.8. The topological polar surface area (TPSA) is 48.0 Å². The van der Waals surface area contributed by atoms with Gasteiger partial charge in [-0.05, 0) is 49.4 Å². The van der Waals surface area contributed by atoms with Crippen LogP contribution in [0.2, 0.25) is 0 Å². The summed E-state index contributed by atoms with van der Waals surface area (Å²) in [6.07, 6.45) is 7.42. The van der Waals surface area contributed by atoms with Crippen LogP contribution in [0.1, 0.15) is 43.4 Å². The Morgan fingerprint density at radius 2 is 1.96 bits per heavy atom. The Morgan fingerprint density at radius 1 is 1.19 bits per heavy atom. The molecule has 0 spiro atoms. The molecule has 0 bridgehead atoms. The van der Waals surface area contributed by atoms with Crippen LogP contribution in [0.15, 0.2) is 36.5 Å². The molecule has 2 heterocycles. The van der Waals surface area contributed by atoms with E-state index >= 15 is 0 Å². The Balaban J connectivity index is 2.05. The first-order chi connectivity index (χ1) is 12.3. The van der Waals surface area contributed by atoms with Crippen molar-refractivity contribution in [1.29, 1.82) is 0 Å². The summed E-state index contributed by atoms with van der Waals surface area (Å²) < 4.78 is 0. The first-order valence-corrected chi connectivity index (χ1v) is 9.02. The predicted octanol–water partition coefficient (Wildman–Crippen LogP) is 4.79. The van der Waals surface area contributed by atoms with E-state index in [1.165, 1.54) is 0 Å². The number of aromatic nitrogens is 1. The number of benzene rings is 2. The molecule has 0 amide bonds. The maximum Gasteiger partial charge on any atom is 0.0831 e. The molecule has 0 radical (unpaired) electrons. The van der Waals surface area contributed by atoms with Gasteiger partial charge in [0.1, 0.15) is 0 Å². The van der Waals surface area contributed by atoms with Crippen molar-refractivity contribution in [3.63, 3.8) is 0 Å². The Hall–Kier alpha value is -2.70. The van der Waals surface area contributed by atoms with E-state index in [9.17, 15) is 5.11 Å². The molecule has 3 heteroatoms. The molecular formula is C23H24N2O. The van der Waals surface area contributed by atoms with E-state index in [1.807, 2.05) is 20.0 Å². The second-order valence-electron chi connectivity index (χ2n) is 7.88. The number of aliphatic hydroxyl groups excluding tert-OH is 1. The number of anilines is 1. The zero-order valence-electron chi connectivity index (χ0n) is 15.6. The van der Waals surface area contributed by atoms with Gasteiger partial charge in [-0.15, -0.1) is 6.42 Å². The molecular weight excluding hydrogens is 320 g/mol. The first-order valence-electron chi connectivity index (χ1n) is 9.02. The van der Waals surface area contributed by atoms with Gasteiger partial charge in [-0.3, -0.25) is 0 Å². The number of aliphatic hydroxyl groups is 1. The highest BCUT2D eigenvalue weighted by Crippen LogP contribution is 2.46. The number of para-hydroxylation sites is 1. The third-order valence-electron chi connectivity index (χ3n) is 5.70. The lowest BCUT2D eigenvalue weighted by atomic mass is 9.75. The van der Waals surface area contributed by atoms with Gasteiger partial charge in [0.05, 0.1) is 17.2 Å². The normalized spacial score (nSPS) is 21.1. The summed E-state index contributed by atoms with van der Waals surface area (Å²) in [4.78, 5) is 3.34. The fraction of sp³-hybridized carbons (Fsp3) is 0.304. The van der Waals surface area contributed by atoms with Crippen molar-refractivity contribution >= 4 is 16.6 Å². The fourth-order valence-corrected chi connectivity index (χ4v) is 4.32. The van der Waals surface area contributed by atoms with Gasteiger partial charge in [0.2, 0.25) is 0 Å². The predicted molar refractivity (Wildman–Crippen MR) is 109 cm³/mol. The molecule has 2 aromatic carbocycles. The largest absolute Gasteiger partial charge is 0.390 e. The molecule has 1 aliphatic heterocycles. The van der Waals surface area contributed by atoms with Gasteiger partial charge in [-0.2, -0.15) is 0 Å². The Labute approximate surface area is 154 Å². The fourth-order valence-electron chi connectivity index (χ4n) is 4.32. The van der Waals surface area contributed by atoms with Crippen LogP contribution < -0.4 is 5.32 Å². The minimum atomic E-state index is -0.516. The highest BCUT2D eigenvalue weighted by atomic mass is 16.3. The Morgan fingerprint density at radius 3 is 2.69 bits per heavy atom. The van der Waals surface area contributed by atoms with Crippen molar-refractivity contribution in [3.05, 3.63) is 53.2 Å². The van der Waals surface area contributed by atoms with E-state index < -0.39 is 11.6 Å². The minimum absolute atomic E-state index is 0.0474. The van der Waals surface area contributed by atoms with E-state index in [0.717, 1.165) is 44.4 Å². The number of nitrogens with one attached hydrogen (secondary N) is 2. The van der Waals surface area contributed by atoms with E-state index in [-0.39, 0.29) is 5.92 Å². The van der Waals surface area contributed by atoms with Crippen molar-refractivity contribution < 1.29 is 5.11 Å². The summed E-state index contributed by atoms with van der Waals surface area (Å²) in [5, 5.41) is 15.5. The van der Waals surface area contributed by atoms with Crippen LogP contribution in [-0.4, -0.2) is 21.7 Å². The zero-order valence-corrected chi connectivity index (χ0v) is 15.6. The SMILES string of the molecule is C#Cc1c(-c2cccc3cc[nH]c23)cc(C)c2c1[C@H](C)C(O)C(C)(C)N2. The molecule has 0 saturated heterocycles. The van der Waals surface area contributed by atoms with Crippen LogP contribution in [0.25, 0.3) is 22.0 Å². The number of hydrogen-bond acceptors (Lipinski definition) is 2. The maximum atomic E-state index is 10.8. The van der Waals surface area contributed by atoms with Gasteiger partial charge in [0.25, 0.3) is 0 Å². The van der Waals surface area contributed by atoms with Gasteiger partial charge in [-0.25, -0.2) is 0 Å². The standard InChI is InChI=1S/C23H24N2O/c1-6-16-18(17-9-7-8-15-10-11-24-21(15)17)12-13(2)20-19(16)14(3)22(26)23(4,5)25-20/h1,7-12,14,22,24-26H,2-5H3/t14-,22?/m0/s1. The average molecular weight is 344 g/mol. The highest BCUT2D eigenvalue weighted by Gasteiger charge is 2.40. The first kappa shape index (κ1) is 16.8. The summed E-state index contributed by atoms with van der Waals surface area (Å²) >= 11 is 0. The van der Waals surface area contributed by atoms with Crippen molar-refractivity contribution in [3.8, 4) is 23.5 Å². The smallest absolute Gasteiger partial charge is 0.0831 e. The molecule has 0 aliphatic carbocycles. The van der Waals surface area contributed by atoms with Crippen LogP contribution in [-0.2, 0) is 0 Å². The number of terminal acetylenes is 1. The zero-order chi connectivity index (χ0) is 18.6.